The fourth-order valence-corrected chi connectivity index (χ4v) is 1.68. The Hall–Kier alpha value is -2.08. The summed E-state index contributed by atoms with van der Waals surface area (Å²) in [6.07, 6.45) is 4.91. The third-order valence-electron chi connectivity index (χ3n) is 2.99. The summed E-state index contributed by atoms with van der Waals surface area (Å²) in [7, 11) is 0. The van der Waals surface area contributed by atoms with Crippen LogP contribution in [0.15, 0.2) is 36.8 Å². The van der Waals surface area contributed by atoms with Gasteiger partial charge in [0.15, 0.2) is 0 Å². The lowest BCUT2D eigenvalue weighted by Gasteiger charge is -2.04. The Morgan fingerprint density at radius 1 is 1.47 bits per heavy atom. The Kier molecular flexibility index (Phi) is 3.24. The fraction of sp³-hybridized carbons (Fsp3) is 0.286. The van der Waals surface area contributed by atoms with Crippen molar-refractivity contribution in [1.82, 2.24) is 9.55 Å². The molecular weight excluding hydrogens is 210 g/mol. The maximum atomic E-state index is 8.87. The van der Waals surface area contributed by atoms with Crippen LogP contribution in [0.2, 0.25) is 0 Å². The third-order valence-corrected chi connectivity index (χ3v) is 2.99. The second kappa shape index (κ2) is 4.84. The molecule has 1 atom stereocenters. The molecule has 86 valence electrons. The quantitative estimate of drug-likeness (QED) is 0.804. The van der Waals surface area contributed by atoms with Gasteiger partial charge in [-0.05, 0) is 30.5 Å². The second-order valence-electron chi connectivity index (χ2n) is 4.18. The van der Waals surface area contributed by atoms with Crippen LogP contribution in [0.1, 0.15) is 37.4 Å². The SMILES string of the molecule is CCC(C)c1cn(-c2cccc(C#N)c2)cn1. The smallest absolute Gasteiger partial charge is 0.0995 e. The molecule has 0 aliphatic heterocycles. The first-order chi connectivity index (χ1) is 8.24. The molecule has 0 saturated carbocycles. The number of hydrogen-bond acceptors (Lipinski definition) is 2. The van der Waals surface area contributed by atoms with Gasteiger partial charge in [-0.1, -0.05) is 19.9 Å². The van der Waals surface area contributed by atoms with E-state index in [9.17, 15) is 0 Å². The van der Waals surface area contributed by atoms with E-state index in [2.05, 4.69) is 24.9 Å². The summed E-state index contributed by atoms with van der Waals surface area (Å²) in [4.78, 5) is 4.40. The van der Waals surface area contributed by atoms with Crippen molar-refractivity contribution in [3.8, 4) is 11.8 Å². The van der Waals surface area contributed by atoms with Gasteiger partial charge in [0.1, 0.15) is 0 Å². The van der Waals surface area contributed by atoms with Crippen molar-refractivity contribution < 1.29 is 0 Å². The van der Waals surface area contributed by atoms with Crippen molar-refractivity contribution in [2.45, 2.75) is 26.2 Å². The maximum Gasteiger partial charge on any atom is 0.0995 e. The van der Waals surface area contributed by atoms with E-state index >= 15 is 0 Å². The highest BCUT2D eigenvalue weighted by Gasteiger charge is 2.07. The van der Waals surface area contributed by atoms with E-state index in [0.29, 0.717) is 11.5 Å². The molecular formula is C14H15N3. The highest BCUT2D eigenvalue weighted by atomic mass is 15.0. The summed E-state index contributed by atoms with van der Waals surface area (Å²) >= 11 is 0. The van der Waals surface area contributed by atoms with Crippen molar-refractivity contribution in [2.24, 2.45) is 0 Å². The second-order valence-corrected chi connectivity index (χ2v) is 4.18. The summed E-state index contributed by atoms with van der Waals surface area (Å²) in [6.45, 7) is 4.32. The van der Waals surface area contributed by atoms with E-state index in [1.165, 1.54) is 0 Å². The molecule has 0 spiro atoms. The molecule has 0 saturated heterocycles. The highest BCUT2D eigenvalue weighted by molar-refractivity contribution is 5.41. The molecule has 0 aliphatic carbocycles. The topological polar surface area (TPSA) is 41.6 Å². The molecule has 2 aromatic rings. The van der Waals surface area contributed by atoms with Crippen LogP contribution in [-0.4, -0.2) is 9.55 Å². The Balaban J connectivity index is 2.34. The maximum absolute atomic E-state index is 8.87. The van der Waals surface area contributed by atoms with Crippen molar-refractivity contribution in [1.29, 1.82) is 5.26 Å². The number of hydrogen-bond donors (Lipinski definition) is 0. The summed E-state index contributed by atoms with van der Waals surface area (Å²) in [5.74, 6) is 0.468. The molecule has 1 aromatic heterocycles. The van der Waals surface area contributed by atoms with Crippen molar-refractivity contribution in [3.05, 3.63) is 48.0 Å². The largest absolute Gasteiger partial charge is 0.306 e. The molecule has 0 N–H and O–H groups in total. The molecule has 17 heavy (non-hydrogen) atoms. The van der Waals surface area contributed by atoms with Gasteiger partial charge in [-0.15, -0.1) is 0 Å². The predicted octanol–water partition coefficient (Wildman–Crippen LogP) is 3.26. The lowest BCUT2D eigenvalue weighted by molar-refractivity contribution is 0.712. The number of imidazole rings is 1. The van der Waals surface area contributed by atoms with Gasteiger partial charge in [-0.3, -0.25) is 0 Å². The standard InChI is InChI=1S/C14H15N3/c1-3-11(2)14-9-17(10-16-14)13-6-4-5-12(7-13)8-15/h4-7,9-11H,3H2,1-2H3. The zero-order valence-electron chi connectivity index (χ0n) is 10.1. The normalized spacial score (nSPS) is 12.1. The van der Waals surface area contributed by atoms with Crippen LogP contribution in [0.25, 0.3) is 5.69 Å². The van der Waals surface area contributed by atoms with Crippen LogP contribution in [-0.2, 0) is 0 Å². The molecule has 1 aromatic carbocycles. The van der Waals surface area contributed by atoms with E-state index in [1.54, 1.807) is 12.4 Å². The predicted molar refractivity (Wildman–Crippen MR) is 67.0 cm³/mol. The van der Waals surface area contributed by atoms with Gasteiger partial charge in [-0.25, -0.2) is 4.98 Å². The fourth-order valence-electron chi connectivity index (χ4n) is 1.68. The van der Waals surface area contributed by atoms with E-state index in [-0.39, 0.29) is 0 Å². The highest BCUT2D eigenvalue weighted by Crippen LogP contribution is 2.18. The molecule has 0 fully saturated rings. The molecule has 0 amide bonds. The molecule has 0 radical (unpaired) electrons. The first-order valence-electron chi connectivity index (χ1n) is 5.79. The summed E-state index contributed by atoms with van der Waals surface area (Å²) in [5, 5.41) is 8.87. The Morgan fingerprint density at radius 3 is 3.00 bits per heavy atom. The van der Waals surface area contributed by atoms with E-state index < -0.39 is 0 Å². The van der Waals surface area contributed by atoms with Crippen molar-refractivity contribution >= 4 is 0 Å². The van der Waals surface area contributed by atoms with Gasteiger partial charge in [0.05, 0.1) is 23.7 Å². The summed E-state index contributed by atoms with van der Waals surface area (Å²) in [5.41, 5.74) is 2.74. The third kappa shape index (κ3) is 2.36. The lowest BCUT2D eigenvalue weighted by Crippen LogP contribution is -1.92. The minimum absolute atomic E-state index is 0.468. The number of nitriles is 1. The number of nitrogens with zero attached hydrogens (tertiary/aromatic N) is 3. The van der Waals surface area contributed by atoms with Crippen LogP contribution in [0.4, 0.5) is 0 Å². The van der Waals surface area contributed by atoms with Gasteiger partial charge >= 0.3 is 0 Å². The Morgan fingerprint density at radius 2 is 2.29 bits per heavy atom. The molecule has 1 heterocycles. The van der Waals surface area contributed by atoms with Crippen LogP contribution >= 0.6 is 0 Å². The first-order valence-corrected chi connectivity index (χ1v) is 5.79. The Bertz CT molecular complexity index is 549. The minimum atomic E-state index is 0.468. The van der Waals surface area contributed by atoms with Crippen molar-refractivity contribution in [2.75, 3.05) is 0 Å². The summed E-state index contributed by atoms with van der Waals surface area (Å²) in [6, 6.07) is 9.67. The van der Waals surface area contributed by atoms with Gasteiger partial charge in [-0.2, -0.15) is 5.26 Å². The molecule has 0 aliphatic rings. The monoisotopic (exact) mass is 225 g/mol. The first kappa shape index (κ1) is 11.4. The van der Waals surface area contributed by atoms with E-state index in [0.717, 1.165) is 17.8 Å². The number of benzene rings is 1. The average Bonchev–Trinajstić information content (AvgIpc) is 2.87. The van der Waals surface area contributed by atoms with Crippen LogP contribution in [0.3, 0.4) is 0 Å². The molecule has 2 rings (SSSR count). The van der Waals surface area contributed by atoms with Crippen LogP contribution in [0, 0.1) is 11.3 Å². The molecule has 3 nitrogen and oxygen atoms in total. The molecule has 1 unspecified atom stereocenters. The number of aromatic nitrogens is 2. The zero-order chi connectivity index (χ0) is 12.3. The van der Waals surface area contributed by atoms with Crippen molar-refractivity contribution in [3.63, 3.8) is 0 Å². The van der Waals surface area contributed by atoms with Crippen LogP contribution < -0.4 is 0 Å². The van der Waals surface area contributed by atoms with Gasteiger partial charge in [0.2, 0.25) is 0 Å². The molecule has 0 bridgehead atoms. The summed E-state index contributed by atoms with van der Waals surface area (Å²) < 4.78 is 1.96. The van der Waals surface area contributed by atoms with Gasteiger partial charge in [0.25, 0.3) is 0 Å². The van der Waals surface area contributed by atoms with Crippen LogP contribution in [0.5, 0.6) is 0 Å². The van der Waals surface area contributed by atoms with Gasteiger partial charge in [0, 0.05) is 11.9 Å². The van der Waals surface area contributed by atoms with E-state index in [1.807, 2.05) is 29.0 Å². The minimum Gasteiger partial charge on any atom is -0.306 e. The van der Waals surface area contributed by atoms with E-state index in [4.69, 9.17) is 5.26 Å². The lowest BCUT2D eigenvalue weighted by atomic mass is 10.1. The van der Waals surface area contributed by atoms with Gasteiger partial charge < -0.3 is 4.57 Å². The average molecular weight is 225 g/mol. The zero-order valence-corrected chi connectivity index (χ0v) is 10.1. The molecule has 3 heteroatoms. The Labute approximate surface area is 101 Å². The number of rotatable bonds is 3.